The van der Waals surface area contributed by atoms with Gasteiger partial charge in [0.25, 0.3) is 0 Å². The Hall–Kier alpha value is -0.520. The summed E-state index contributed by atoms with van der Waals surface area (Å²) in [6.07, 6.45) is 14.1. The summed E-state index contributed by atoms with van der Waals surface area (Å²) in [6, 6.07) is 0. The minimum atomic E-state index is 0.737. The molecule has 98 valence electrons. The molecule has 17 heavy (non-hydrogen) atoms. The number of rotatable bonds is 6. The molecule has 0 nitrogen and oxygen atoms in total. The number of hydrogen-bond donors (Lipinski definition) is 0. The summed E-state index contributed by atoms with van der Waals surface area (Å²) in [5.74, 6) is 2.58. The maximum Gasteiger partial charge on any atom is -0.0137 e. The van der Waals surface area contributed by atoms with Crippen LogP contribution in [0.15, 0.2) is 24.3 Å². The van der Waals surface area contributed by atoms with Gasteiger partial charge >= 0.3 is 0 Å². The largest absolute Gasteiger partial charge is 0.0956 e. The molecule has 1 aliphatic rings. The van der Waals surface area contributed by atoms with Gasteiger partial charge in [0, 0.05) is 0 Å². The van der Waals surface area contributed by atoms with E-state index >= 15 is 0 Å². The van der Waals surface area contributed by atoms with Gasteiger partial charge in [-0.3, -0.25) is 0 Å². The fraction of sp³-hybridized carbons (Fsp3) is 0.765. The molecule has 0 saturated heterocycles. The molecule has 0 aromatic rings. The molecule has 0 aliphatic heterocycles. The maximum absolute atomic E-state index is 4.32. The Morgan fingerprint density at radius 1 is 1.29 bits per heavy atom. The minimum Gasteiger partial charge on any atom is -0.0956 e. The highest BCUT2D eigenvalue weighted by Gasteiger charge is 2.30. The van der Waals surface area contributed by atoms with Crippen molar-refractivity contribution in [2.45, 2.75) is 65.7 Å². The molecule has 0 aromatic heterocycles. The van der Waals surface area contributed by atoms with Crippen molar-refractivity contribution in [1.29, 1.82) is 0 Å². The van der Waals surface area contributed by atoms with Crippen LogP contribution in [0, 0.1) is 17.8 Å². The third-order valence-corrected chi connectivity index (χ3v) is 4.47. The van der Waals surface area contributed by atoms with Crippen LogP contribution in [0.1, 0.15) is 65.7 Å². The second kappa shape index (κ2) is 7.74. The van der Waals surface area contributed by atoms with E-state index in [2.05, 4.69) is 39.5 Å². The summed E-state index contributed by atoms with van der Waals surface area (Å²) in [5.41, 5.74) is 1.37. The molecule has 0 radical (unpaired) electrons. The van der Waals surface area contributed by atoms with E-state index < -0.39 is 0 Å². The number of hydrogen-bond acceptors (Lipinski definition) is 0. The van der Waals surface area contributed by atoms with Crippen molar-refractivity contribution < 1.29 is 0 Å². The van der Waals surface area contributed by atoms with Crippen molar-refractivity contribution in [2.24, 2.45) is 17.8 Å². The van der Waals surface area contributed by atoms with E-state index in [0.717, 1.165) is 17.8 Å². The van der Waals surface area contributed by atoms with Crippen LogP contribution in [-0.2, 0) is 0 Å². The van der Waals surface area contributed by atoms with E-state index in [4.69, 9.17) is 0 Å². The second-order valence-electron chi connectivity index (χ2n) is 5.59. The van der Waals surface area contributed by atoms with Crippen LogP contribution < -0.4 is 0 Å². The van der Waals surface area contributed by atoms with Gasteiger partial charge in [-0.25, -0.2) is 0 Å². The fourth-order valence-electron chi connectivity index (χ4n) is 3.60. The molecular formula is C17H30. The summed E-state index contributed by atoms with van der Waals surface area (Å²) in [4.78, 5) is 0. The molecule has 0 N–H and O–H groups in total. The second-order valence-corrected chi connectivity index (χ2v) is 5.59. The van der Waals surface area contributed by atoms with Crippen molar-refractivity contribution in [2.75, 3.05) is 0 Å². The normalized spacial score (nSPS) is 27.2. The lowest BCUT2D eigenvalue weighted by atomic mass is 9.68. The Balaban J connectivity index is 2.76. The van der Waals surface area contributed by atoms with E-state index in [1.807, 2.05) is 0 Å². The Kier molecular flexibility index (Phi) is 6.62. The van der Waals surface area contributed by atoms with Crippen LogP contribution in [0.25, 0.3) is 0 Å². The smallest absolute Gasteiger partial charge is 0.0137 e. The predicted octanol–water partition coefficient (Wildman–Crippen LogP) is 5.75. The first kappa shape index (κ1) is 14.5. The maximum atomic E-state index is 4.32. The standard InChI is InChI=1S/C17H30/c1-5-10-14(4)16(11-6-2)17-13-9-8-12-15(17)7-3/h5,10,15-17H,4,6-9,11-13H2,1-3H3/b10-5-. The summed E-state index contributed by atoms with van der Waals surface area (Å²) in [7, 11) is 0. The monoisotopic (exact) mass is 234 g/mol. The van der Waals surface area contributed by atoms with Crippen molar-refractivity contribution in [3.05, 3.63) is 24.3 Å². The highest BCUT2D eigenvalue weighted by molar-refractivity contribution is 5.18. The lowest BCUT2D eigenvalue weighted by Gasteiger charge is -2.37. The highest BCUT2D eigenvalue weighted by Crippen LogP contribution is 2.41. The molecule has 3 unspecified atom stereocenters. The van der Waals surface area contributed by atoms with Crippen LogP contribution in [0.5, 0.6) is 0 Å². The van der Waals surface area contributed by atoms with Gasteiger partial charge in [-0.1, -0.05) is 70.3 Å². The number of allylic oxidation sites excluding steroid dienone is 3. The van der Waals surface area contributed by atoms with Gasteiger partial charge in [-0.15, -0.1) is 0 Å². The third-order valence-electron chi connectivity index (χ3n) is 4.47. The SMILES string of the molecule is C=C(/C=C\C)C(CCC)C1CCCCC1CC. The lowest BCUT2D eigenvalue weighted by molar-refractivity contribution is 0.170. The van der Waals surface area contributed by atoms with Gasteiger partial charge in [-0.2, -0.15) is 0 Å². The molecule has 0 amide bonds. The highest BCUT2D eigenvalue weighted by atomic mass is 14.4. The van der Waals surface area contributed by atoms with Crippen LogP contribution in [0.3, 0.4) is 0 Å². The third kappa shape index (κ3) is 4.01. The topological polar surface area (TPSA) is 0 Å². The Labute approximate surface area is 108 Å². The predicted molar refractivity (Wildman–Crippen MR) is 78.1 cm³/mol. The Morgan fingerprint density at radius 3 is 2.59 bits per heavy atom. The first-order valence-corrected chi connectivity index (χ1v) is 7.56. The van der Waals surface area contributed by atoms with Gasteiger partial charge in [0.15, 0.2) is 0 Å². The molecule has 1 rings (SSSR count). The molecule has 0 aromatic carbocycles. The quantitative estimate of drug-likeness (QED) is 0.513. The van der Waals surface area contributed by atoms with E-state index in [1.165, 1.54) is 50.5 Å². The summed E-state index contributed by atoms with van der Waals surface area (Å²) in [5, 5.41) is 0. The van der Waals surface area contributed by atoms with Crippen molar-refractivity contribution in [1.82, 2.24) is 0 Å². The van der Waals surface area contributed by atoms with Gasteiger partial charge in [0.05, 0.1) is 0 Å². The summed E-state index contributed by atoms with van der Waals surface area (Å²) in [6.45, 7) is 11.1. The van der Waals surface area contributed by atoms with Crippen LogP contribution in [0.2, 0.25) is 0 Å². The van der Waals surface area contributed by atoms with E-state index in [1.54, 1.807) is 0 Å². The summed E-state index contributed by atoms with van der Waals surface area (Å²) >= 11 is 0. The van der Waals surface area contributed by atoms with E-state index in [9.17, 15) is 0 Å². The minimum absolute atomic E-state index is 0.737. The average Bonchev–Trinajstić information content (AvgIpc) is 2.36. The van der Waals surface area contributed by atoms with Gasteiger partial charge < -0.3 is 0 Å². The van der Waals surface area contributed by atoms with Crippen molar-refractivity contribution >= 4 is 0 Å². The van der Waals surface area contributed by atoms with Crippen molar-refractivity contribution in [3.63, 3.8) is 0 Å². The summed E-state index contributed by atoms with van der Waals surface area (Å²) < 4.78 is 0. The molecule has 1 saturated carbocycles. The molecule has 1 aliphatic carbocycles. The van der Waals surface area contributed by atoms with Crippen molar-refractivity contribution in [3.8, 4) is 0 Å². The van der Waals surface area contributed by atoms with Crippen LogP contribution >= 0.6 is 0 Å². The van der Waals surface area contributed by atoms with Gasteiger partial charge in [-0.05, 0) is 37.5 Å². The zero-order valence-electron chi connectivity index (χ0n) is 12.0. The lowest BCUT2D eigenvalue weighted by Crippen LogP contribution is -2.27. The molecule has 0 spiro atoms. The zero-order chi connectivity index (χ0) is 12.7. The van der Waals surface area contributed by atoms with Crippen LogP contribution in [0.4, 0.5) is 0 Å². The molecule has 0 heterocycles. The Bertz CT molecular complexity index is 249. The van der Waals surface area contributed by atoms with Gasteiger partial charge in [0.2, 0.25) is 0 Å². The molecule has 0 bridgehead atoms. The molecule has 1 fully saturated rings. The molecule has 3 atom stereocenters. The fourth-order valence-corrected chi connectivity index (χ4v) is 3.60. The first-order valence-electron chi connectivity index (χ1n) is 7.56. The van der Waals surface area contributed by atoms with E-state index in [0.29, 0.717) is 0 Å². The first-order chi connectivity index (χ1) is 8.24. The van der Waals surface area contributed by atoms with Gasteiger partial charge in [0.1, 0.15) is 0 Å². The van der Waals surface area contributed by atoms with Crippen LogP contribution in [-0.4, -0.2) is 0 Å². The molecule has 0 heteroatoms. The Morgan fingerprint density at radius 2 is 2.00 bits per heavy atom. The zero-order valence-corrected chi connectivity index (χ0v) is 12.0. The molecular weight excluding hydrogens is 204 g/mol. The van der Waals surface area contributed by atoms with E-state index in [-0.39, 0.29) is 0 Å². The average molecular weight is 234 g/mol.